The molecule has 0 aromatic rings. The zero-order chi connectivity index (χ0) is 25.9. The summed E-state index contributed by atoms with van der Waals surface area (Å²) in [6.07, 6.45) is 8.67. The number of fused-ring (bicyclic) bond motifs is 5. The number of carbonyl (C=O) groups is 1. The number of rotatable bonds is 7. The highest BCUT2D eigenvalue weighted by Crippen LogP contribution is 2.69. The molecule has 5 aliphatic rings. The van der Waals surface area contributed by atoms with Crippen LogP contribution in [0.15, 0.2) is 11.6 Å². The number of aliphatic hydroxyl groups is 4. The molecule has 0 saturated heterocycles. The van der Waals surface area contributed by atoms with Crippen LogP contribution in [0.4, 0.5) is 0 Å². The lowest BCUT2D eigenvalue weighted by molar-refractivity contribution is -0.205. The van der Waals surface area contributed by atoms with Gasteiger partial charge in [0.25, 0.3) is 0 Å². The molecule has 0 spiro atoms. The van der Waals surface area contributed by atoms with Crippen molar-refractivity contribution in [2.75, 3.05) is 13.2 Å². The Bertz CT molecular complexity index is 876. The molecule has 0 bridgehead atoms. The van der Waals surface area contributed by atoms with E-state index in [1.807, 2.05) is 0 Å². The van der Waals surface area contributed by atoms with Gasteiger partial charge in [0.15, 0.2) is 0 Å². The monoisotopic (exact) mass is 505 g/mol. The Morgan fingerprint density at radius 2 is 1.83 bits per heavy atom. The van der Waals surface area contributed by atoms with Crippen molar-refractivity contribution in [1.82, 2.24) is 5.32 Å². The van der Waals surface area contributed by atoms with E-state index in [4.69, 9.17) is 4.74 Å². The summed E-state index contributed by atoms with van der Waals surface area (Å²) < 4.78 is 5.25. The Labute approximate surface area is 215 Å². The zero-order valence-electron chi connectivity index (χ0n) is 22.3. The van der Waals surface area contributed by atoms with Crippen LogP contribution in [-0.2, 0) is 9.53 Å². The molecule has 4 aliphatic carbocycles. The summed E-state index contributed by atoms with van der Waals surface area (Å²) in [5, 5.41) is 45.4. The maximum absolute atomic E-state index is 12.3. The molecule has 0 radical (unpaired) electrons. The van der Waals surface area contributed by atoms with Crippen molar-refractivity contribution < 1.29 is 30.0 Å². The lowest BCUT2D eigenvalue weighted by Crippen LogP contribution is -2.62. The summed E-state index contributed by atoms with van der Waals surface area (Å²) in [5.74, 6) is 1.50. The van der Waals surface area contributed by atoms with Gasteiger partial charge in [-0.2, -0.15) is 0 Å². The van der Waals surface area contributed by atoms with E-state index in [0.29, 0.717) is 43.4 Å². The van der Waals surface area contributed by atoms with Gasteiger partial charge < -0.3 is 30.5 Å². The summed E-state index contributed by atoms with van der Waals surface area (Å²) in [4.78, 5) is 11.8. The average molecular weight is 506 g/mol. The SMILES string of the molecule is C[C@@H](O)[C@H](O)[C@@H](O)CCN[C@H]1CC[C@@]2(C)[C@H](CC[C@@H]3[C@@H]2CC[C@]2(C)[C@@H](C4=CC(=O)OC4)CC[C@]32O)C1. The highest BCUT2D eigenvalue weighted by molar-refractivity contribution is 5.85. The van der Waals surface area contributed by atoms with Crippen LogP contribution in [0.3, 0.4) is 0 Å². The van der Waals surface area contributed by atoms with Crippen molar-refractivity contribution in [3.63, 3.8) is 0 Å². The topological polar surface area (TPSA) is 119 Å². The summed E-state index contributed by atoms with van der Waals surface area (Å²) in [5.41, 5.74) is 0.475. The minimum atomic E-state index is -1.10. The van der Waals surface area contributed by atoms with E-state index < -0.39 is 23.9 Å². The maximum Gasteiger partial charge on any atom is 0.331 e. The fourth-order valence-corrected chi connectivity index (χ4v) is 9.52. The molecular formula is C29H47NO6. The van der Waals surface area contributed by atoms with Crippen molar-refractivity contribution in [1.29, 1.82) is 0 Å². The van der Waals surface area contributed by atoms with Crippen LogP contribution in [0, 0.1) is 34.5 Å². The van der Waals surface area contributed by atoms with Crippen molar-refractivity contribution in [3.05, 3.63) is 11.6 Å². The molecule has 1 heterocycles. The highest BCUT2D eigenvalue weighted by atomic mass is 16.5. The number of ether oxygens (including phenoxy) is 1. The number of carbonyl (C=O) groups excluding carboxylic acids is 1. The Hall–Kier alpha value is -0.990. The van der Waals surface area contributed by atoms with Crippen LogP contribution >= 0.6 is 0 Å². The Balaban J connectivity index is 1.23. The van der Waals surface area contributed by atoms with E-state index in [1.54, 1.807) is 6.08 Å². The number of hydrogen-bond donors (Lipinski definition) is 5. The van der Waals surface area contributed by atoms with Gasteiger partial charge in [0.1, 0.15) is 12.7 Å². The predicted octanol–water partition coefficient (Wildman–Crippen LogP) is 2.69. The second-order valence-corrected chi connectivity index (χ2v) is 13.3. The number of hydrogen-bond acceptors (Lipinski definition) is 7. The smallest absolute Gasteiger partial charge is 0.331 e. The van der Waals surface area contributed by atoms with Crippen LogP contribution in [0.2, 0.25) is 0 Å². The van der Waals surface area contributed by atoms with Crippen molar-refractivity contribution >= 4 is 5.97 Å². The van der Waals surface area contributed by atoms with Crippen molar-refractivity contribution in [2.45, 2.75) is 115 Å². The average Bonchev–Trinajstić information content (AvgIpc) is 3.38. The molecule has 0 aromatic heterocycles. The molecule has 7 nitrogen and oxygen atoms in total. The van der Waals surface area contributed by atoms with Gasteiger partial charge in [-0.15, -0.1) is 0 Å². The number of esters is 1. The first kappa shape index (κ1) is 26.6. The Morgan fingerprint density at radius 3 is 2.53 bits per heavy atom. The molecule has 0 amide bonds. The minimum Gasteiger partial charge on any atom is -0.458 e. The third-order valence-corrected chi connectivity index (χ3v) is 11.7. The first-order valence-corrected chi connectivity index (χ1v) is 14.4. The summed E-state index contributed by atoms with van der Waals surface area (Å²) in [6.45, 7) is 7.29. The minimum absolute atomic E-state index is 0.187. The van der Waals surface area contributed by atoms with Crippen LogP contribution in [0.25, 0.3) is 0 Å². The molecule has 0 unspecified atom stereocenters. The largest absolute Gasteiger partial charge is 0.458 e. The van der Waals surface area contributed by atoms with Crippen molar-refractivity contribution in [3.8, 4) is 0 Å². The van der Waals surface area contributed by atoms with Gasteiger partial charge in [-0.1, -0.05) is 13.8 Å². The molecule has 5 rings (SSSR count). The summed E-state index contributed by atoms with van der Waals surface area (Å²) in [6, 6.07) is 0.412. The Morgan fingerprint density at radius 1 is 1.06 bits per heavy atom. The van der Waals surface area contributed by atoms with Gasteiger partial charge in [0, 0.05) is 17.5 Å². The van der Waals surface area contributed by atoms with E-state index in [0.717, 1.165) is 63.4 Å². The number of cyclic esters (lactones) is 1. The molecule has 7 heteroatoms. The fourth-order valence-electron chi connectivity index (χ4n) is 9.52. The lowest BCUT2D eigenvalue weighted by atomic mass is 9.43. The first-order chi connectivity index (χ1) is 17.0. The fraction of sp³-hybridized carbons (Fsp3) is 0.897. The zero-order valence-corrected chi connectivity index (χ0v) is 22.3. The van der Waals surface area contributed by atoms with Crippen LogP contribution in [0.1, 0.15) is 85.0 Å². The highest BCUT2D eigenvalue weighted by Gasteiger charge is 2.67. The van der Waals surface area contributed by atoms with E-state index >= 15 is 0 Å². The van der Waals surface area contributed by atoms with Crippen LogP contribution < -0.4 is 5.32 Å². The van der Waals surface area contributed by atoms with Gasteiger partial charge in [0.2, 0.25) is 0 Å². The first-order valence-electron chi connectivity index (χ1n) is 14.4. The normalized spacial score (nSPS) is 46.7. The van der Waals surface area contributed by atoms with E-state index in [1.165, 1.54) is 6.92 Å². The summed E-state index contributed by atoms with van der Waals surface area (Å²) >= 11 is 0. The van der Waals surface area contributed by atoms with E-state index in [2.05, 4.69) is 19.2 Å². The maximum atomic E-state index is 12.3. The van der Waals surface area contributed by atoms with Gasteiger partial charge in [-0.25, -0.2) is 4.79 Å². The molecule has 1 aliphatic heterocycles. The van der Waals surface area contributed by atoms with Crippen LogP contribution in [-0.4, -0.2) is 69.5 Å². The predicted molar refractivity (Wildman–Crippen MR) is 136 cm³/mol. The second-order valence-electron chi connectivity index (χ2n) is 13.3. The van der Waals surface area contributed by atoms with Gasteiger partial charge in [0.05, 0.1) is 17.8 Å². The van der Waals surface area contributed by atoms with E-state index in [9.17, 15) is 25.2 Å². The number of aliphatic hydroxyl groups excluding tert-OH is 3. The molecule has 36 heavy (non-hydrogen) atoms. The second kappa shape index (κ2) is 9.64. The number of nitrogens with one attached hydrogen (secondary N) is 1. The lowest BCUT2D eigenvalue weighted by Gasteiger charge is -2.64. The van der Waals surface area contributed by atoms with E-state index in [-0.39, 0.29) is 22.7 Å². The van der Waals surface area contributed by atoms with Gasteiger partial charge >= 0.3 is 5.97 Å². The molecule has 4 saturated carbocycles. The molecule has 204 valence electrons. The van der Waals surface area contributed by atoms with Crippen molar-refractivity contribution in [2.24, 2.45) is 34.5 Å². The quantitative estimate of drug-likeness (QED) is 0.338. The van der Waals surface area contributed by atoms with Gasteiger partial charge in [-0.05, 0) is 112 Å². The molecule has 0 aromatic carbocycles. The molecule has 4 fully saturated rings. The Kier molecular flexibility index (Phi) is 7.12. The molecule has 5 N–H and O–H groups in total. The third-order valence-electron chi connectivity index (χ3n) is 11.7. The standard InChI is InChI=1S/C29H47NO6/c1-17(31)26(34)24(32)9-13-30-20-6-10-27(2)19(15-20)4-5-23-22(27)7-11-28(3)21(8-12-29(23,28)35)18-14-25(33)36-16-18/h14,17,19-24,26,30-32,34-35H,4-13,15-16H2,1-3H3/t17-,19-,20+,21-,22+,23-,24+,26+,27+,28-,29+/m1/s1. The van der Waals surface area contributed by atoms with Crippen LogP contribution in [0.5, 0.6) is 0 Å². The third kappa shape index (κ3) is 4.17. The molecule has 11 atom stereocenters. The summed E-state index contributed by atoms with van der Waals surface area (Å²) in [7, 11) is 0. The molecular weight excluding hydrogens is 458 g/mol. The van der Waals surface area contributed by atoms with Gasteiger partial charge in [-0.3, -0.25) is 0 Å².